The number of amides is 8. The summed E-state index contributed by atoms with van der Waals surface area (Å²) in [6.45, 7) is 28.8. The van der Waals surface area contributed by atoms with Crippen molar-refractivity contribution in [1.82, 2.24) is 40.9 Å². The Morgan fingerprint density at radius 3 is 1.11 bits per heavy atom. The third-order valence-electron chi connectivity index (χ3n) is 11.9. The van der Waals surface area contributed by atoms with E-state index in [1.165, 1.54) is 23.9 Å². The average Bonchev–Trinajstić information content (AvgIpc) is 3.74. The average molecular weight is 927 g/mol. The van der Waals surface area contributed by atoms with E-state index in [-0.39, 0.29) is 60.9 Å². The molecule has 1 aromatic carbocycles. The zero-order valence-corrected chi connectivity index (χ0v) is 42.6. The van der Waals surface area contributed by atoms with Gasteiger partial charge >= 0.3 is 12.2 Å². The van der Waals surface area contributed by atoms with Crippen LogP contribution in [0, 0.1) is 10.8 Å². The summed E-state index contributed by atoms with van der Waals surface area (Å²) in [5.41, 5.74) is -2.23. The fourth-order valence-corrected chi connectivity index (χ4v) is 7.69. The van der Waals surface area contributed by atoms with Crippen LogP contribution < -0.4 is 21.3 Å². The highest BCUT2D eigenvalue weighted by molar-refractivity contribution is 5.98. The lowest BCUT2D eigenvalue weighted by Crippen LogP contribution is -2.59. The number of rotatable bonds is 12. The molecule has 2 aliphatic rings. The van der Waals surface area contributed by atoms with Crippen molar-refractivity contribution < 1.29 is 47.8 Å². The molecular weight excluding hydrogens is 849 g/mol. The van der Waals surface area contributed by atoms with Gasteiger partial charge in [-0.3, -0.25) is 38.6 Å². The molecule has 0 unspecified atom stereocenters. The molecule has 2 saturated heterocycles. The van der Waals surface area contributed by atoms with Gasteiger partial charge < -0.3 is 40.5 Å². The van der Waals surface area contributed by atoms with Crippen LogP contribution in [0.5, 0.6) is 0 Å². The summed E-state index contributed by atoms with van der Waals surface area (Å²) in [6, 6.07) is 1.27. The predicted molar refractivity (Wildman–Crippen MR) is 250 cm³/mol. The zero-order chi connectivity index (χ0) is 50.6. The van der Waals surface area contributed by atoms with Gasteiger partial charge in [-0.15, -0.1) is 0 Å². The topological polar surface area (TPSA) is 216 Å². The summed E-state index contributed by atoms with van der Waals surface area (Å²) in [4.78, 5) is 113. The third kappa shape index (κ3) is 14.8. The molecule has 0 saturated carbocycles. The number of nitrogens with zero attached hydrogens (tertiary/aromatic N) is 4. The Morgan fingerprint density at radius 2 is 0.848 bits per heavy atom. The molecular formula is C48H78N8O10. The summed E-state index contributed by atoms with van der Waals surface area (Å²) in [5, 5.41) is 11.8. The lowest BCUT2D eigenvalue weighted by molar-refractivity contribution is -0.141. The largest absolute Gasteiger partial charge is 0.444 e. The van der Waals surface area contributed by atoms with Gasteiger partial charge in [-0.1, -0.05) is 41.5 Å². The second-order valence-electron chi connectivity index (χ2n) is 22.2. The number of carbonyl (C=O) groups excluding carboxylic acids is 8. The van der Waals surface area contributed by atoms with Gasteiger partial charge in [0.25, 0.3) is 11.8 Å². The van der Waals surface area contributed by atoms with Crippen molar-refractivity contribution in [3.63, 3.8) is 0 Å². The smallest absolute Gasteiger partial charge is 0.410 e. The SMILES string of the molecule is C[C@@H]1C[C@H](NC(=O)c2ccc(C(=O)N[C@H]3C[C@@H](C)N(C(=O)[C@@H](NC(=O)[C@H](C)N(C)C(=O)OC(C)(C)C)C(C)(C)C)C3)cc2)CN1C(=O)[C@@H](NC(=O)[C@H](C)N(C)C(=O)OC(C)(C)C)C(C)(C)C. The van der Waals surface area contributed by atoms with E-state index in [9.17, 15) is 38.4 Å². The van der Waals surface area contributed by atoms with E-state index in [0.29, 0.717) is 24.0 Å². The molecule has 18 heteroatoms. The monoisotopic (exact) mass is 927 g/mol. The molecule has 66 heavy (non-hydrogen) atoms. The van der Waals surface area contributed by atoms with E-state index < -0.39 is 70.2 Å². The molecule has 1 aromatic rings. The second kappa shape index (κ2) is 21.0. The van der Waals surface area contributed by atoms with Crippen LogP contribution >= 0.6 is 0 Å². The molecule has 2 fully saturated rings. The summed E-state index contributed by atoms with van der Waals surface area (Å²) in [7, 11) is 2.93. The van der Waals surface area contributed by atoms with E-state index in [2.05, 4.69) is 21.3 Å². The molecule has 0 radical (unpaired) electrons. The van der Waals surface area contributed by atoms with Crippen LogP contribution in [0.15, 0.2) is 24.3 Å². The molecule has 4 N–H and O–H groups in total. The van der Waals surface area contributed by atoms with Crippen LogP contribution in [-0.4, -0.2) is 154 Å². The number of benzene rings is 1. The molecule has 0 aliphatic carbocycles. The van der Waals surface area contributed by atoms with Crippen molar-refractivity contribution in [1.29, 1.82) is 0 Å². The van der Waals surface area contributed by atoms with Crippen LogP contribution in [-0.2, 0) is 28.7 Å². The maximum Gasteiger partial charge on any atom is 0.410 e. The molecule has 0 bridgehead atoms. The summed E-state index contributed by atoms with van der Waals surface area (Å²) >= 11 is 0. The lowest BCUT2D eigenvalue weighted by Gasteiger charge is -2.36. The molecule has 0 aromatic heterocycles. The summed E-state index contributed by atoms with van der Waals surface area (Å²) < 4.78 is 10.8. The first-order chi connectivity index (χ1) is 30.0. The van der Waals surface area contributed by atoms with Gasteiger partial charge in [0.1, 0.15) is 35.4 Å². The highest BCUT2D eigenvalue weighted by Crippen LogP contribution is 2.28. The molecule has 0 spiro atoms. The van der Waals surface area contributed by atoms with Crippen molar-refractivity contribution in [2.45, 2.75) is 183 Å². The number of hydrogen-bond acceptors (Lipinski definition) is 10. The maximum atomic E-state index is 14.1. The predicted octanol–water partition coefficient (Wildman–Crippen LogP) is 4.70. The van der Waals surface area contributed by atoms with Crippen molar-refractivity contribution in [2.75, 3.05) is 27.2 Å². The van der Waals surface area contributed by atoms with Crippen molar-refractivity contribution >= 4 is 47.6 Å². The molecule has 18 nitrogen and oxygen atoms in total. The first-order valence-electron chi connectivity index (χ1n) is 22.9. The number of carbonyl (C=O) groups is 8. The Bertz CT molecular complexity index is 1820. The minimum atomic E-state index is -0.922. The van der Waals surface area contributed by atoms with E-state index in [4.69, 9.17) is 9.47 Å². The van der Waals surface area contributed by atoms with Gasteiger partial charge in [0.2, 0.25) is 23.6 Å². The maximum absolute atomic E-state index is 14.1. The van der Waals surface area contributed by atoms with Gasteiger partial charge in [0.15, 0.2) is 0 Å². The van der Waals surface area contributed by atoms with Gasteiger partial charge in [-0.2, -0.15) is 0 Å². The number of hydrogen-bond donors (Lipinski definition) is 4. The molecule has 370 valence electrons. The number of ether oxygens (including phenoxy) is 2. The number of likely N-dealkylation sites (N-methyl/N-ethyl adjacent to an activating group) is 2. The fourth-order valence-electron chi connectivity index (χ4n) is 7.69. The Balaban J connectivity index is 1.61. The number of nitrogens with one attached hydrogen (secondary N) is 4. The zero-order valence-electron chi connectivity index (χ0n) is 42.6. The van der Waals surface area contributed by atoms with E-state index in [1.807, 2.05) is 55.4 Å². The normalized spacial score (nSPS) is 20.8. The molecule has 8 amide bonds. The van der Waals surface area contributed by atoms with Crippen molar-refractivity contribution in [3.05, 3.63) is 35.4 Å². The summed E-state index contributed by atoms with van der Waals surface area (Å²) in [6.07, 6.45) is -0.367. The van der Waals surface area contributed by atoms with E-state index in [1.54, 1.807) is 89.5 Å². The van der Waals surface area contributed by atoms with Crippen molar-refractivity contribution in [2.24, 2.45) is 10.8 Å². The van der Waals surface area contributed by atoms with Gasteiger partial charge in [-0.05, 0) is 117 Å². The fraction of sp³-hybridized carbons (Fsp3) is 0.708. The Morgan fingerprint density at radius 1 is 0.561 bits per heavy atom. The van der Waals surface area contributed by atoms with E-state index >= 15 is 0 Å². The Labute approximate surface area is 392 Å². The quantitative estimate of drug-likeness (QED) is 0.227. The first-order valence-corrected chi connectivity index (χ1v) is 22.9. The second-order valence-corrected chi connectivity index (χ2v) is 22.2. The summed E-state index contributed by atoms with van der Waals surface area (Å²) in [5.74, 6) is -2.38. The first kappa shape index (κ1) is 54.9. The van der Waals surface area contributed by atoms with E-state index in [0.717, 1.165) is 0 Å². The van der Waals surface area contributed by atoms with Crippen LogP contribution in [0.1, 0.15) is 144 Å². The highest BCUT2D eigenvalue weighted by atomic mass is 16.6. The van der Waals surface area contributed by atoms with Crippen LogP contribution in [0.4, 0.5) is 9.59 Å². The van der Waals surface area contributed by atoms with Crippen LogP contribution in [0.3, 0.4) is 0 Å². The van der Waals surface area contributed by atoms with Gasteiger partial charge in [-0.25, -0.2) is 9.59 Å². The van der Waals surface area contributed by atoms with Gasteiger partial charge in [0, 0.05) is 62.5 Å². The molecule has 2 aliphatic heterocycles. The van der Waals surface area contributed by atoms with Crippen LogP contribution in [0.25, 0.3) is 0 Å². The molecule has 8 atom stereocenters. The number of likely N-dealkylation sites (tertiary alicyclic amines) is 2. The van der Waals surface area contributed by atoms with Gasteiger partial charge in [0.05, 0.1) is 0 Å². The minimum Gasteiger partial charge on any atom is -0.444 e. The Kier molecular flexibility index (Phi) is 17.5. The van der Waals surface area contributed by atoms with Crippen LogP contribution in [0.2, 0.25) is 0 Å². The Hall–Kier alpha value is -5.42. The standard InChI is InChI=1S/C48H78N8O10/c1-27-23-33(25-55(27)41(61)35(45(5,6)7)51-37(57)29(3)53(17)43(63)65-47(11,12)13)49-39(59)31-19-21-32(22-20-31)40(60)50-34-24-28(2)56(26-34)42(62)36(46(8,9)10)52-38(58)30(4)54(18)44(64)66-48(14,15)16/h19-22,27-30,33-36H,23-26H2,1-18H3,(H,49,59)(H,50,60)(H,51,57)(H,52,58)/t27-,28-,29+,30+,33+,34+,35-,36-/m1/s1. The highest BCUT2D eigenvalue weighted by Gasteiger charge is 2.44. The molecule has 2 heterocycles. The lowest BCUT2D eigenvalue weighted by atomic mass is 9.85. The minimum absolute atomic E-state index is 0.217. The third-order valence-corrected chi connectivity index (χ3v) is 11.9. The molecule has 3 rings (SSSR count). The van der Waals surface area contributed by atoms with Crippen molar-refractivity contribution in [3.8, 4) is 0 Å².